The van der Waals surface area contributed by atoms with E-state index in [1.807, 2.05) is 0 Å². The van der Waals surface area contributed by atoms with Gasteiger partial charge in [0, 0.05) is 17.6 Å². The number of hydrogen-bond donors (Lipinski definition) is 1. The average Bonchev–Trinajstić information content (AvgIpc) is 2.59. The Labute approximate surface area is 143 Å². The van der Waals surface area contributed by atoms with Crippen LogP contribution in [0, 0.1) is 5.82 Å². The first-order valence-electron chi connectivity index (χ1n) is 7.14. The summed E-state index contributed by atoms with van der Waals surface area (Å²) in [6.45, 7) is -0.151. The van der Waals surface area contributed by atoms with Crippen LogP contribution < -0.4 is 5.32 Å². The number of benzene rings is 2. The minimum absolute atomic E-state index is 0.233. The molecule has 2 rings (SSSR count). The summed E-state index contributed by atoms with van der Waals surface area (Å²) < 4.78 is 17.6. The molecule has 0 aliphatic carbocycles. The standard InChI is InChI=1S/C18H15ClFNO3/c19-15-6-1-13(2-7-15)5-10-18(23)24-12-17(22)21-11-14-3-8-16(20)9-4-14/h1-10H,11-12H2,(H,21,22)/b10-5+. The van der Waals surface area contributed by atoms with Gasteiger partial charge in [0.05, 0.1) is 0 Å². The smallest absolute Gasteiger partial charge is 0.331 e. The highest BCUT2D eigenvalue weighted by Gasteiger charge is 2.05. The molecule has 0 radical (unpaired) electrons. The van der Waals surface area contributed by atoms with E-state index in [1.54, 1.807) is 42.5 Å². The Kier molecular flexibility index (Phi) is 6.51. The Hall–Kier alpha value is -2.66. The molecule has 0 aliphatic rings. The van der Waals surface area contributed by atoms with Gasteiger partial charge in [0.1, 0.15) is 5.82 Å². The van der Waals surface area contributed by atoms with Crippen molar-refractivity contribution < 1.29 is 18.7 Å². The fourth-order valence-electron chi connectivity index (χ4n) is 1.78. The maximum atomic E-state index is 12.8. The first kappa shape index (κ1) is 17.7. The zero-order valence-electron chi connectivity index (χ0n) is 12.7. The van der Waals surface area contributed by atoms with E-state index in [0.29, 0.717) is 5.02 Å². The largest absolute Gasteiger partial charge is 0.452 e. The van der Waals surface area contributed by atoms with Gasteiger partial charge in [0.15, 0.2) is 6.61 Å². The Bertz CT molecular complexity index is 727. The predicted octanol–water partition coefficient (Wildman–Crippen LogP) is 3.35. The molecule has 6 heteroatoms. The number of hydrogen-bond acceptors (Lipinski definition) is 3. The first-order valence-corrected chi connectivity index (χ1v) is 7.52. The average molecular weight is 348 g/mol. The van der Waals surface area contributed by atoms with Crippen LogP contribution in [-0.4, -0.2) is 18.5 Å². The number of carbonyl (C=O) groups is 2. The van der Waals surface area contributed by atoms with Gasteiger partial charge in [0.25, 0.3) is 5.91 Å². The quantitative estimate of drug-likeness (QED) is 0.644. The first-order chi connectivity index (χ1) is 11.5. The van der Waals surface area contributed by atoms with Gasteiger partial charge >= 0.3 is 5.97 Å². The molecule has 0 atom stereocenters. The van der Waals surface area contributed by atoms with Gasteiger partial charge in [0.2, 0.25) is 0 Å². The fraction of sp³-hybridized carbons (Fsp3) is 0.111. The lowest BCUT2D eigenvalue weighted by Crippen LogP contribution is -2.28. The molecule has 1 N–H and O–H groups in total. The van der Waals surface area contributed by atoms with E-state index in [9.17, 15) is 14.0 Å². The van der Waals surface area contributed by atoms with Crippen molar-refractivity contribution in [1.29, 1.82) is 0 Å². The molecule has 124 valence electrons. The molecule has 0 saturated carbocycles. The molecule has 0 aromatic heterocycles. The molecule has 2 aromatic carbocycles. The van der Waals surface area contributed by atoms with Crippen molar-refractivity contribution in [2.24, 2.45) is 0 Å². The molecule has 0 saturated heterocycles. The summed E-state index contributed by atoms with van der Waals surface area (Å²) >= 11 is 5.76. The number of rotatable bonds is 6. The van der Waals surface area contributed by atoms with E-state index in [1.165, 1.54) is 18.2 Å². The van der Waals surface area contributed by atoms with Gasteiger partial charge < -0.3 is 10.1 Å². The number of nitrogens with one attached hydrogen (secondary N) is 1. The SMILES string of the molecule is O=C(COC(=O)/C=C/c1ccc(Cl)cc1)NCc1ccc(F)cc1. The molecule has 0 unspecified atom stereocenters. The third-order valence-corrected chi connectivity index (χ3v) is 3.28. The molecule has 0 bridgehead atoms. The molecule has 0 fully saturated rings. The van der Waals surface area contributed by atoms with E-state index in [2.05, 4.69) is 5.32 Å². The van der Waals surface area contributed by atoms with Crippen LogP contribution in [0.1, 0.15) is 11.1 Å². The molecule has 24 heavy (non-hydrogen) atoms. The summed E-state index contributed by atoms with van der Waals surface area (Å²) in [5, 5.41) is 3.18. The Morgan fingerprint density at radius 3 is 2.42 bits per heavy atom. The van der Waals surface area contributed by atoms with Gasteiger partial charge in [-0.1, -0.05) is 35.9 Å². The minimum atomic E-state index is -0.623. The second kappa shape index (κ2) is 8.84. The number of halogens is 2. The maximum Gasteiger partial charge on any atom is 0.331 e. The normalized spacial score (nSPS) is 10.6. The number of ether oxygens (including phenoxy) is 1. The van der Waals surface area contributed by atoms with Crippen LogP contribution in [0.3, 0.4) is 0 Å². The van der Waals surface area contributed by atoms with Crippen molar-refractivity contribution in [2.75, 3.05) is 6.61 Å². The molecule has 0 aliphatic heterocycles. The van der Waals surface area contributed by atoms with Crippen molar-refractivity contribution >= 4 is 29.6 Å². The Balaban J connectivity index is 1.71. The van der Waals surface area contributed by atoms with Crippen LogP contribution in [0.15, 0.2) is 54.6 Å². The van der Waals surface area contributed by atoms with Crippen LogP contribution in [0.5, 0.6) is 0 Å². The van der Waals surface area contributed by atoms with E-state index >= 15 is 0 Å². The molecule has 1 amide bonds. The molecule has 2 aromatic rings. The fourth-order valence-corrected chi connectivity index (χ4v) is 1.90. The third-order valence-electron chi connectivity index (χ3n) is 3.03. The van der Waals surface area contributed by atoms with Crippen LogP contribution >= 0.6 is 11.6 Å². The van der Waals surface area contributed by atoms with Gasteiger partial charge in [-0.3, -0.25) is 4.79 Å². The summed E-state index contributed by atoms with van der Waals surface area (Å²) in [4.78, 5) is 23.1. The van der Waals surface area contributed by atoms with Gasteiger partial charge in [-0.05, 0) is 41.5 Å². The summed E-state index contributed by atoms with van der Waals surface area (Å²) in [5.74, 6) is -1.40. The van der Waals surface area contributed by atoms with Gasteiger partial charge in [-0.15, -0.1) is 0 Å². The van der Waals surface area contributed by atoms with Crippen LogP contribution in [0.2, 0.25) is 5.02 Å². The molecule has 0 spiro atoms. The molecule has 4 nitrogen and oxygen atoms in total. The van der Waals surface area contributed by atoms with Crippen LogP contribution in [0.25, 0.3) is 6.08 Å². The van der Waals surface area contributed by atoms with E-state index in [-0.39, 0.29) is 19.0 Å². The minimum Gasteiger partial charge on any atom is -0.452 e. The lowest BCUT2D eigenvalue weighted by Gasteiger charge is -2.05. The number of amides is 1. The van der Waals surface area contributed by atoms with Crippen LogP contribution in [0.4, 0.5) is 4.39 Å². The second-order valence-corrected chi connectivity index (χ2v) is 5.33. The topological polar surface area (TPSA) is 55.4 Å². The highest BCUT2D eigenvalue weighted by Crippen LogP contribution is 2.10. The van der Waals surface area contributed by atoms with Crippen LogP contribution in [-0.2, 0) is 20.9 Å². The number of esters is 1. The maximum absolute atomic E-state index is 12.8. The third kappa shape index (κ3) is 6.22. The second-order valence-electron chi connectivity index (χ2n) is 4.90. The summed E-state index contributed by atoms with van der Waals surface area (Å²) in [6, 6.07) is 12.7. The lowest BCUT2D eigenvalue weighted by atomic mass is 10.2. The summed E-state index contributed by atoms with van der Waals surface area (Å²) in [6.07, 6.45) is 2.80. The highest BCUT2D eigenvalue weighted by atomic mass is 35.5. The van der Waals surface area contributed by atoms with E-state index in [0.717, 1.165) is 11.1 Å². The molecular weight excluding hydrogens is 333 g/mol. The zero-order valence-corrected chi connectivity index (χ0v) is 13.4. The summed E-state index contributed by atoms with van der Waals surface area (Å²) in [5.41, 5.74) is 1.54. The molecule has 0 heterocycles. The van der Waals surface area contributed by atoms with E-state index in [4.69, 9.17) is 16.3 Å². The Morgan fingerprint density at radius 1 is 1.08 bits per heavy atom. The monoisotopic (exact) mass is 347 g/mol. The Morgan fingerprint density at radius 2 is 1.75 bits per heavy atom. The van der Waals surface area contributed by atoms with Crippen molar-refractivity contribution in [3.8, 4) is 0 Å². The van der Waals surface area contributed by atoms with Crippen molar-refractivity contribution in [2.45, 2.75) is 6.54 Å². The van der Waals surface area contributed by atoms with Crippen molar-refractivity contribution in [3.63, 3.8) is 0 Å². The van der Waals surface area contributed by atoms with Crippen molar-refractivity contribution in [1.82, 2.24) is 5.32 Å². The highest BCUT2D eigenvalue weighted by molar-refractivity contribution is 6.30. The van der Waals surface area contributed by atoms with Gasteiger partial charge in [-0.25, -0.2) is 9.18 Å². The summed E-state index contributed by atoms with van der Waals surface area (Å²) in [7, 11) is 0. The lowest BCUT2D eigenvalue weighted by molar-refractivity contribution is -0.143. The van der Waals surface area contributed by atoms with Crippen molar-refractivity contribution in [3.05, 3.63) is 76.6 Å². The molecular formula is C18H15ClFNO3. The van der Waals surface area contributed by atoms with Gasteiger partial charge in [-0.2, -0.15) is 0 Å². The predicted molar refractivity (Wildman–Crippen MR) is 89.7 cm³/mol. The number of carbonyl (C=O) groups excluding carboxylic acids is 2. The zero-order chi connectivity index (χ0) is 17.4. The van der Waals surface area contributed by atoms with E-state index < -0.39 is 11.9 Å².